The molecule has 0 radical (unpaired) electrons. The number of pyridine rings is 1. The van der Waals surface area contributed by atoms with Gasteiger partial charge in [-0.2, -0.15) is 0 Å². The highest BCUT2D eigenvalue weighted by Gasteiger charge is 2.07. The molecule has 5 heteroatoms. The molecule has 2 rings (SSSR count). The Labute approximate surface area is 122 Å². The van der Waals surface area contributed by atoms with Gasteiger partial charge in [-0.1, -0.05) is 12.1 Å². The molecule has 0 atom stereocenters. The summed E-state index contributed by atoms with van der Waals surface area (Å²) in [6.45, 7) is 0.225. The number of nitrogens with zero attached hydrogens (tertiary/aromatic N) is 1. The van der Waals surface area contributed by atoms with Gasteiger partial charge in [-0.3, -0.25) is 9.78 Å². The first-order valence-electron chi connectivity index (χ1n) is 6.53. The molecule has 0 saturated heterocycles. The maximum atomic E-state index is 13.9. The zero-order valence-electron chi connectivity index (χ0n) is 11.7. The molecule has 1 heterocycles. The van der Waals surface area contributed by atoms with Gasteiger partial charge in [0, 0.05) is 37.1 Å². The molecule has 0 amide bonds. The van der Waals surface area contributed by atoms with Crippen molar-refractivity contribution >= 4 is 5.97 Å². The lowest BCUT2D eigenvalue weighted by Crippen LogP contribution is -1.98. The number of aryl methyl sites for hydroxylation is 1. The molecule has 0 spiro atoms. The SMILES string of the molecule is COCc1ccc(-c2cncc(CCC(=O)O)c2)cc1F. The number of carboxylic acid groups (broad SMARTS) is 1. The number of rotatable bonds is 6. The van der Waals surface area contributed by atoms with Crippen LogP contribution in [0.15, 0.2) is 36.7 Å². The summed E-state index contributed by atoms with van der Waals surface area (Å²) in [4.78, 5) is 14.7. The van der Waals surface area contributed by atoms with Gasteiger partial charge in [0.25, 0.3) is 0 Å². The third-order valence-electron chi connectivity index (χ3n) is 3.11. The van der Waals surface area contributed by atoms with Gasteiger partial charge in [-0.15, -0.1) is 0 Å². The fourth-order valence-corrected chi connectivity index (χ4v) is 2.03. The second-order valence-corrected chi connectivity index (χ2v) is 4.71. The van der Waals surface area contributed by atoms with E-state index in [0.717, 1.165) is 11.1 Å². The summed E-state index contributed by atoms with van der Waals surface area (Å²) in [6, 6.07) is 6.75. The first kappa shape index (κ1) is 15.1. The molecule has 0 saturated carbocycles. The molecule has 0 aliphatic heterocycles. The molecule has 110 valence electrons. The minimum absolute atomic E-state index is 0.0479. The summed E-state index contributed by atoms with van der Waals surface area (Å²) in [7, 11) is 1.52. The molecule has 1 aromatic heterocycles. The lowest BCUT2D eigenvalue weighted by Gasteiger charge is -2.07. The average Bonchev–Trinajstić information content (AvgIpc) is 2.48. The number of aromatic nitrogens is 1. The van der Waals surface area contributed by atoms with Gasteiger partial charge in [0.15, 0.2) is 0 Å². The van der Waals surface area contributed by atoms with Crippen LogP contribution in [-0.2, 0) is 22.6 Å². The second-order valence-electron chi connectivity index (χ2n) is 4.71. The van der Waals surface area contributed by atoms with Gasteiger partial charge in [0.05, 0.1) is 6.61 Å². The van der Waals surface area contributed by atoms with Crippen LogP contribution in [0.3, 0.4) is 0 Å². The monoisotopic (exact) mass is 289 g/mol. The van der Waals surface area contributed by atoms with Crippen LogP contribution in [0, 0.1) is 5.82 Å². The zero-order chi connectivity index (χ0) is 15.2. The van der Waals surface area contributed by atoms with E-state index in [0.29, 0.717) is 17.5 Å². The number of methoxy groups -OCH3 is 1. The summed E-state index contributed by atoms with van der Waals surface area (Å²) in [6.07, 6.45) is 3.71. The highest BCUT2D eigenvalue weighted by atomic mass is 19.1. The van der Waals surface area contributed by atoms with E-state index in [1.807, 2.05) is 6.07 Å². The maximum Gasteiger partial charge on any atom is 0.303 e. The molecular formula is C16H16FNO3. The van der Waals surface area contributed by atoms with Gasteiger partial charge >= 0.3 is 5.97 Å². The Hall–Kier alpha value is -2.27. The number of carbonyl (C=O) groups is 1. The van der Waals surface area contributed by atoms with E-state index in [1.165, 1.54) is 13.2 Å². The third kappa shape index (κ3) is 4.10. The van der Waals surface area contributed by atoms with Crippen molar-refractivity contribution < 1.29 is 19.0 Å². The number of halogens is 1. The number of ether oxygens (including phenoxy) is 1. The van der Waals surface area contributed by atoms with Gasteiger partial charge in [0.2, 0.25) is 0 Å². The van der Waals surface area contributed by atoms with Gasteiger partial charge in [0.1, 0.15) is 5.82 Å². The first-order chi connectivity index (χ1) is 10.1. The molecule has 4 nitrogen and oxygen atoms in total. The van der Waals surface area contributed by atoms with E-state index in [4.69, 9.17) is 9.84 Å². The Bertz CT molecular complexity index is 643. The van der Waals surface area contributed by atoms with Gasteiger partial charge in [-0.25, -0.2) is 4.39 Å². The number of hydrogen-bond acceptors (Lipinski definition) is 3. The number of carboxylic acids is 1. The van der Waals surface area contributed by atoms with Crippen LogP contribution in [0.5, 0.6) is 0 Å². The minimum atomic E-state index is -0.852. The Morgan fingerprint density at radius 1 is 1.29 bits per heavy atom. The second kappa shape index (κ2) is 6.95. The Morgan fingerprint density at radius 2 is 2.10 bits per heavy atom. The molecule has 1 aromatic carbocycles. The fraction of sp³-hybridized carbons (Fsp3) is 0.250. The minimum Gasteiger partial charge on any atom is -0.481 e. The van der Waals surface area contributed by atoms with Crippen molar-refractivity contribution in [2.45, 2.75) is 19.4 Å². The van der Waals surface area contributed by atoms with Crippen LogP contribution in [0.1, 0.15) is 17.5 Å². The smallest absolute Gasteiger partial charge is 0.303 e. The fourth-order valence-electron chi connectivity index (χ4n) is 2.03. The van der Waals surface area contributed by atoms with Crippen molar-refractivity contribution in [3.8, 4) is 11.1 Å². The standard InChI is InChI=1S/C16H16FNO3/c1-21-10-13-4-3-12(7-15(13)17)14-6-11(8-18-9-14)2-5-16(19)20/h3-4,6-9H,2,5,10H2,1H3,(H,19,20). The molecular weight excluding hydrogens is 273 g/mol. The van der Waals surface area contributed by atoms with E-state index in [2.05, 4.69) is 4.98 Å². The van der Waals surface area contributed by atoms with Crippen molar-refractivity contribution in [1.29, 1.82) is 0 Å². The maximum absolute atomic E-state index is 13.9. The molecule has 21 heavy (non-hydrogen) atoms. The summed E-state index contributed by atoms with van der Waals surface area (Å²) >= 11 is 0. The summed E-state index contributed by atoms with van der Waals surface area (Å²) in [5, 5.41) is 8.70. The van der Waals surface area contributed by atoms with Crippen molar-refractivity contribution in [3.63, 3.8) is 0 Å². The zero-order valence-corrected chi connectivity index (χ0v) is 11.7. The largest absolute Gasteiger partial charge is 0.481 e. The highest BCUT2D eigenvalue weighted by molar-refractivity contribution is 5.67. The molecule has 0 bridgehead atoms. The number of hydrogen-bond donors (Lipinski definition) is 1. The van der Waals surface area contributed by atoms with Crippen LogP contribution in [0.25, 0.3) is 11.1 Å². The Balaban J connectivity index is 2.23. The van der Waals surface area contributed by atoms with E-state index < -0.39 is 5.97 Å². The van der Waals surface area contributed by atoms with Crippen LogP contribution in [-0.4, -0.2) is 23.2 Å². The summed E-state index contributed by atoms with van der Waals surface area (Å²) in [5.41, 5.74) is 2.78. The predicted molar refractivity (Wildman–Crippen MR) is 76.3 cm³/mol. The van der Waals surface area contributed by atoms with Gasteiger partial charge < -0.3 is 9.84 Å². The van der Waals surface area contributed by atoms with Crippen LogP contribution in [0.2, 0.25) is 0 Å². The van der Waals surface area contributed by atoms with Crippen molar-refractivity contribution in [1.82, 2.24) is 4.98 Å². The molecule has 0 aliphatic carbocycles. The lowest BCUT2D eigenvalue weighted by atomic mass is 10.0. The number of benzene rings is 1. The summed E-state index contributed by atoms with van der Waals surface area (Å²) < 4.78 is 18.8. The molecule has 0 unspecified atom stereocenters. The lowest BCUT2D eigenvalue weighted by molar-refractivity contribution is -0.136. The molecule has 0 fully saturated rings. The van der Waals surface area contributed by atoms with E-state index in [9.17, 15) is 9.18 Å². The number of aliphatic carboxylic acids is 1. The Kier molecular flexibility index (Phi) is 5.00. The normalized spacial score (nSPS) is 10.6. The van der Waals surface area contributed by atoms with E-state index >= 15 is 0 Å². The predicted octanol–water partition coefficient (Wildman–Crippen LogP) is 3.05. The van der Waals surface area contributed by atoms with Crippen molar-refractivity contribution in [2.75, 3.05) is 7.11 Å². The van der Waals surface area contributed by atoms with Crippen LogP contribution in [0.4, 0.5) is 4.39 Å². The third-order valence-corrected chi connectivity index (χ3v) is 3.11. The van der Waals surface area contributed by atoms with E-state index in [-0.39, 0.29) is 18.8 Å². The first-order valence-corrected chi connectivity index (χ1v) is 6.53. The van der Waals surface area contributed by atoms with Crippen molar-refractivity contribution in [2.24, 2.45) is 0 Å². The molecule has 2 aromatic rings. The van der Waals surface area contributed by atoms with Gasteiger partial charge in [-0.05, 0) is 29.7 Å². The quantitative estimate of drug-likeness (QED) is 0.888. The average molecular weight is 289 g/mol. The molecule has 1 N–H and O–H groups in total. The molecule has 0 aliphatic rings. The van der Waals surface area contributed by atoms with Crippen LogP contribution < -0.4 is 0 Å². The van der Waals surface area contributed by atoms with Crippen molar-refractivity contribution in [3.05, 3.63) is 53.6 Å². The summed E-state index contributed by atoms with van der Waals surface area (Å²) in [5.74, 6) is -1.18. The van der Waals surface area contributed by atoms with Crippen LogP contribution >= 0.6 is 0 Å². The van der Waals surface area contributed by atoms with E-state index in [1.54, 1.807) is 24.5 Å². The highest BCUT2D eigenvalue weighted by Crippen LogP contribution is 2.23. The topological polar surface area (TPSA) is 59.4 Å². The Morgan fingerprint density at radius 3 is 2.76 bits per heavy atom.